The van der Waals surface area contributed by atoms with Crippen molar-refractivity contribution >= 4 is 28.3 Å². The molecule has 1 heterocycles. The molecule has 0 atom stereocenters. The Morgan fingerprint density at radius 1 is 1.33 bits per heavy atom. The first-order valence-corrected chi connectivity index (χ1v) is 7.13. The zero-order chi connectivity index (χ0) is 17.1. The molecule has 0 bridgehead atoms. The summed E-state index contributed by atoms with van der Waals surface area (Å²) in [4.78, 5) is 4.50. The molecule has 24 heavy (non-hydrogen) atoms. The van der Waals surface area contributed by atoms with Crippen molar-refractivity contribution in [3.63, 3.8) is 0 Å². The molecule has 3 rings (SSSR count). The van der Waals surface area contributed by atoms with Crippen LogP contribution in [0.1, 0.15) is 5.56 Å². The predicted octanol–water partition coefficient (Wildman–Crippen LogP) is 3.03. The molecule has 0 saturated carbocycles. The average Bonchev–Trinajstić information content (AvgIpc) is 2.98. The molecule has 1 aromatic heterocycles. The van der Waals surface area contributed by atoms with Crippen LogP contribution in [0, 0.1) is 23.7 Å². The summed E-state index contributed by atoms with van der Waals surface area (Å²) >= 11 is 0. The van der Waals surface area contributed by atoms with Gasteiger partial charge >= 0.3 is 0 Å². The number of nitrogens with zero attached hydrogens (tertiary/aromatic N) is 3. The minimum absolute atomic E-state index is 0.184. The number of fused-ring (bicyclic) bond motifs is 1. The number of benzene rings is 2. The highest BCUT2D eigenvalue weighted by molar-refractivity contribution is 6.45. The summed E-state index contributed by atoms with van der Waals surface area (Å²) in [5.41, 5.74) is 11.7. The van der Waals surface area contributed by atoms with Crippen molar-refractivity contribution in [2.75, 3.05) is 5.43 Å². The molecule has 0 amide bonds. The van der Waals surface area contributed by atoms with Gasteiger partial charge in [-0.25, -0.2) is 4.98 Å². The average molecular weight is 318 g/mol. The van der Waals surface area contributed by atoms with E-state index < -0.39 is 5.84 Å². The number of amidine groups is 1. The van der Waals surface area contributed by atoms with Crippen LogP contribution in [-0.2, 0) is 0 Å². The van der Waals surface area contributed by atoms with Gasteiger partial charge in [0, 0.05) is 5.56 Å². The van der Waals surface area contributed by atoms with Gasteiger partial charge in [-0.1, -0.05) is 18.2 Å². The van der Waals surface area contributed by atoms with Gasteiger partial charge in [-0.15, -0.1) is 0 Å². The lowest BCUT2D eigenvalue weighted by Gasteiger charge is -2.00. The predicted molar refractivity (Wildman–Crippen MR) is 92.8 cm³/mol. The van der Waals surface area contributed by atoms with E-state index in [9.17, 15) is 0 Å². The first-order valence-electron chi connectivity index (χ1n) is 7.13. The molecule has 0 radical (unpaired) electrons. The van der Waals surface area contributed by atoms with Crippen molar-refractivity contribution in [3.05, 3.63) is 48.0 Å². The Bertz CT molecular complexity index is 996. The number of nitrogens with two attached hydrogens (primary N) is 1. The van der Waals surface area contributed by atoms with Crippen LogP contribution in [0.15, 0.2) is 52.0 Å². The number of oxazole rings is 1. The fourth-order valence-electron chi connectivity index (χ4n) is 2.19. The number of rotatable bonds is 4. The van der Waals surface area contributed by atoms with E-state index in [1.54, 1.807) is 24.3 Å². The van der Waals surface area contributed by atoms with E-state index in [0.29, 0.717) is 22.7 Å². The Morgan fingerprint density at radius 3 is 2.83 bits per heavy atom. The summed E-state index contributed by atoms with van der Waals surface area (Å²) < 4.78 is 5.79. The van der Waals surface area contributed by atoms with Crippen LogP contribution in [0.3, 0.4) is 0 Å². The molecule has 4 N–H and O–H groups in total. The van der Waals surface area contributed by atoms with E-state index >= 15 is 0 Å². The lowest BCUT2D eigenvalue weighted by molar-refractivity contribution is 0.619. The fourth-order valence-corrected chi connectivity index (χ4v) is 2.19. The van der Waals surface area contributed by atoms with E-state index in [2.05, 4.69) is 15.5 Å². The second kappa shape index (κ2) is 6.22. The Labute approximate surface area is 137 Å². The zero-order valence-corrected chi connectivity index (χ0v) is 12.9. The number of hydrogen-bond donors (Lipinski definition) is 3. The SMILES string of the molecule is Cc1ccccc1-c1nc2cc(N/N=C(\C#N)C(=N)N)ccc2o1. The van der Waals surface area contributed by atoms with Gasteiger partial charge in [0.2, 0.25) is 11.6 Å². The van der Waals surface area contributed by atoms with Crippen molar-refractivity contribution in [2.24, 2.45) is 10.8 Å². The second-order valence-electron chi connectivity index (χ2n) is 5.11. The molecule has 0 unspecified atom stereocenters. The molecule has 0 aliphatic rings. The largest absolute Gasteiger partial charge is 0.436 e. The highest BCUT2D eigenvalue weighted by atomic mass is 16.3. The summed E-state index contributed by atoms with van der Waals surface area (Å²) in [6.07, 6.45) is 0. The standard InChI is InChI=1S/C17H14N6O/c1-10-4-2-3-5-12(10)17-21-13-8-11(6-7-15(13)24-17)22-23-14(9-18)16(19)20/h2-8,22H,1H3,(H3,19,20)/b23-14+. The molecule has 7 heteroatoms. The maximum atomic E-state index is 8.83. The maximum Gasteiger partial charge on any atom is 0.227 e. The topological polar surface area (TPSA) is 124 Å². The van der Waals surface area contributed by atoms with Crippen LogP contribution < -0.4 is 11.2 Å². The number of aryl methyl sites for hydroxylation is 1. The highest BCUT2D eigenvalue weighted by Crippen LogP contribution is 2.28. The molecule has 0 aliphatic heterocycles. The number of anilines is 1. The number of nitriles is 1. The summed E-state index contributed by atoms with van der Waals surface area (Å²) in [7, 11) is 0. The molecule has 0 fully saturated rings. The fraction of sp³-hybridized carbons (Fsp3) is 0.0588. The van der Waals surface area contributed by atoms with Crippen LogP contribution in [-0.4, -0.2) is 16.5 Å². The lowest BCUT2D eigenvalue weighted by atomic mass is 10.1. The number of hydrazone groups is 1. The molecule has 3 aromatic rings. The molecule has 7 nitrogen and oxygen atoms in total. The number of hydrogen-bond acceptors (Lipinski definition) is 6. The molecule has 0 spiro atoms. The minimum Gasteiger partial charge on any atom is -0.436 e. The van der Waals surface area contributed by atoms with Crippen molar-refractivity contribution in [3.8, 4) is 17.5 Å². The summed E-state index contributed by atoms with van der Waals surface area (Å²) in [6, 6.07) is 14.9. The van der Waals surface area contributed by atoms with Gasteiger partial charge in [0.1, 0.15) is 11.6 Å². The van der Waals surface area contributed by atoms with Crippen LogP contribution in [0.2, 0.25) is 0 Å². The van der Waals surface area contributed by atoms with Crippen LogP contribution in [0.25, 0.3) is 22.6 Å². The highest BCUT2D eigenvalue weighted by Gasteiger charge is 2.10. The summed E-state index contributed by atoms with van der Waals surface area (Å²) in [5.74, 6) is 0.152. The van der Waals surface area contributed by atoms with Gasteiger partial charge in [-0.3, -0.25) is 10.8 Å². The maximum absolute atomic E-state index is 8.83. The van der Waals surface area contributed by atoms with Gasteiger partial charge in [-0.2, -0.15) is 10.4 Å². The van der Waals surface area contributed by atoms with Gasteiger partial charge in [0.25, 0.3) is 0 Å². The van der Waals surface area contributed by atoms with Crippen molar-refractivity contribution in [2.45, 2.75) is 6.92 Å². The van der Waals surface area contributed by atoms with Crippen LogP contribution in [0.5, 0.6) is 0 Å². The smallest absolute Gasteiger partial charge is 0.227 e. The van der Waals surface area contributed by atoms with Gasteiger partial charge in [0.05, 0.1) is 5.69 Å². The third-order valence-electron chi connectivity index (χ3n) is 3.42. The molecule has 2 aromatic carbocycles. The van der Waals surface area contributed by atoms with E-state index in [-0.39, 0.29) is 5.71 Å². The Balaban J connectivity index is 1.94. The third-order valence-corrected chi connectivity index (χ3v) is 3.42. The summed E-state index contributed by atoms with van der Waals surface area (Å²) in [5, 5.41) is 19.9. The van der Waals surface area contributed by atoms with Gasteiger partial charge in [-0.05, 0) is 36.8 Å². The van der Waals surface area contributed by atoms with E-state index in [0.717, 1.165) is 11.1 Å². The lowest BCUT2D eigenvalue weighted by Crippen LogP contribution is -2.21. The Morgan fingerprint density at radius 2 is 2.12 bits per heavy atom. The molecule has 118 valence electrons. The number of aromatic nitrogens is 1. The van der Waals surface area contributed by atoms with Crippen molar-refractivity contribution < 1.29 is 4.42 Å². The van der Waals surface area contributed by atoms with Crippen LogP contribution in [0.4, 0.5) is 5.69 Å². The monoisotopic (exact) mass is 318 g/mol. The number of nitrogens with one attached hydrogen (secondary N) is 2. The second-order valence-corrected chi connectivity index (χ2v) is 5.11. The zero-order valence-electron chi connectivity index (χ0n) is 12.9. The molecule has 0 saturated heterocycles. The van der Waals surface area contributed by atoms with E-state index in [1.165, 1.54) is 0 Å². The minimum atomic E-state index is -0.394. The normalized spacial score (nSPS) is 11.2. The van der Waals surface area contributed by atoms with E-state index in [1.807, 2.05) is 31.2 Å². The first-order chi connectivity index (χ1) is 11.6. The first kappa shape index (κ1) is 15.2. The third kappa shape index (κ3) is 2.94. The molecular formula is C17H14N6O. The Kier molecular flexibility index (Phi) is 3.95. The van der Waals surface area contributed by atoms with Crippen molar-refractivity contribution in [1.82, 2.24) is 4.98 Å². The van der Waals surface area contributed by atoms with Crippen molar-refractivity contribution in [1.29, 1.82) is 10.7 Å². The summed E-state index contributed by atoms with van der Waals surface area (Å²) in [6.45, 7) is 2.00. The van der Waals surface area contributed by atoms with Gasteiger partial charge < -0.3 is 10.2 Å². The van der Waals surface area contributed by atoms with Gasteiger partial charge in [0.15, 0.2) is 11.4 Å². The Hall–Kier alpha value is -3.66. The molecule has 0 aliphatic carbocycles. The quantitative estimate of drug-likeness (QED) is 0.387. The van der Waals surface area contributed by atoms with Crippen LogP contribution >= 0.6 is 0 Å². The molecular weight excluding hydrogens is 304 g/mol. The van der Waals surface area contributed by atoms with E-state index in [4.69, 9.17) is 20.8 Å².